The maximum Gasteiger partial charge on any atom is 0.0722 e. The Morgan fingerprint density at radius 2 is 2.06 bits per heavy atom. The Hall–Kier alpha value is -1.71. The highest BCUT2D eigenvalue weighted by atomic mass is 16.3. The van der Waals surface area contributed by atoms with Crippen LogP contribution >= 0.6 is 0 Å². The van der Waals surface area contributed by atoms with Gasteiger partial charge in [0.2, 0.25) is 0 Å². The van der Waals surface area contributed by atoms with Crippen molar-refractivity contribution in [1.82, 2.24) is 5.53 Å². The van der Waals surface area contributed by atoms with Crippen molar-refractivity contribution in [3.63, 3.8) is 0 Å². The maximum atomic E-state index is 9.59. The Balaban J connectivity index is 3.77. The minimum atomic E-state index is 0.433. The summed E-state index contributed by atoms with van der Waals surface area (Å²) in [7, 11) is 0. The first kappa shape index (κ1) is 14.3. The molecule has 0 rings (SSSR count). The molecule has 4 heteroatoms. The van der Waals surface area contributed by atoms with E-state index in [4.69, 9.17) is 0 Å². The zero-order chi connectivity index (χ0) is 12.1. The van der Waals surface area contributed by atoms with Crippen LogP contribution in [-0.4, -0.2) is 6.21 Å². The Kier molecular flexibility index (Phi) is 10.2. The summed E-state index contributed by atoms with van der Waals surface area (Å²) in [6.45, 7) is 4.29. The lowest BCUT2D eigenvalue weighted by Crippen LogP contribution is -1.89. The molecule has 0 aromatic carbocycles. The van der Waals surface area contributed by atoms with E-state index in [1.54, 1.807) is 6.08 Å². The van der Waals surface area contributed by atoms with Crippen LogP contribution in [0.2, 0.25) is 0 Å². The second-order valence-corrected chi connectivity index (χ2v) is 3.32. The first-order valence-corrected chi connectivity index (χ1v) is 5.41. The summed E-state index contributed by atoms with van der Waals surface area (Å²) < 4.78 is 0. The fraction of sp³-hybridized carbons (Fsp3) is 0.417. The van der Waals surface area contributed by atoms with Gasteiger partial charge in [-0.3, -0.25) is 0 Å². The normalized spacial score (nSPS) is 14.4. The van der Waals surface area contributed by atoms with Gasteiger partial charge in [-0.25, -0.2) is 0 Å². The van der Waals surface area contributed by atoms with Crippen LogP contribution in [0.15, 0.2) is 46.8 Å². The number of nitrogens with one attached hydrogen (secondary N) is 1. The highest BCUT2D eigenvalue weighted by Gasteiger charge is 1.86. The van der Waals surface area contributed by atoms with Crippen LogP contribution in [0.4, 0.5) is 0 Å². The van der Waals surface area contributed by atoms with Crippen molar-refractivity contribution >= 4 is 6.21 Å². The Bertz CT molecular complexity index is 280. The lowest BCUT2D eigenvalue weighted by Gasteiger charge is -1.95. The second-order valence-electron chi connectivity index (χ2n) is 3.32. The van der Waals surface area contributed by atoms with E-state index in [0.29, 0.717) is 5.92 Å². The molecule has 0 spiro atoms. The standard InChI is InChI=1S/C12H19N3O/c1-3-4-6-9-12(2)10-7-5-8-11-13-14-15-16/h5-12H,3-4H2,1-2H3,(H,14,16)/b8-5+,9-6+,10-7+,13-11+/t12-/m0/s1. The first-order valence-electron chi connectivity index (χ1n) is 5.41. The molecule has 0 aliphatic carbocycles. The minimum Gasteiger partial charge on any atom is -0.164 e. The minimum absolute atomic E-state index is 0.433. The number of unbranched alkanes of at least 4 members (excludes halogenated alkanes) is 1. The Morgan fingerprint density at radius 3 is 2.75 bits per heavy atom. The van der Waals surface area contributed by atoms with Gasteiger partial charge in [-0.05, 0) is 18.4 Å². The van der Waals surface area contributed by atoms with Crippen LogP contribution in [0.25, 0.3) is 0 Å². The summed E-state index contributed by atoms with van der Waals surface area (Å²) in [5.41, 5.74) is 1.93. The molecular weight excluding hydrogens is 202 g/mol. The van der Waals surface area contributed by atoms with Crippen molar-refractivity contribution in [3.05, 3.63) is 41.4 Å². The summed E-state index contributed by atoms with van der Waals surface area (Å²) in [4.78, 5) is 9.59. The molecule has 1 N–H and O–H groups in total. The maximum absolute atomic E-state index is 9.59. The molecule has 0 heterocycles. The van der Waals surface area contributed by atoms with Gasteiger partial charge >= 0.3 is 0 Å². The summed E-state index contributed by atoms with van der Waals surface area (Å²) in [5.74, 6) is 0.433. The molecule has 0 saturated heterocycles. The van der Waals surface area contributed by atoms with Gasteiger partial charge < -0.3 is 0 Å². The van der Waals surface area contributed by atoms with Crippen molar-refractivity contribution in [1.29, 1.82) is 0 Å². The average molecular weight is 221 g/mol. The van der Waals surface area contributed by atoms with Crippen LogP contribution in [0.5, 0.6) is 0 Å². The number of rotatable bonds is 8. The van der Waals surface area contributed by atoms with Gasteiger partial charge in [0.05, 0.1) is 5.29 Å². The van der Waals surface area contributed by atoms with E-state index in [9.17, 15) is 4.91 Å². The van der Waals surface area contributed by atoms with E-state index in [0.717, 1.165) is 6.42 Å². The third-order valence-electron chi connectivity index (χ3n) is 1.79. The molecule has 0 aliphatic rings. The van der Waals surface area contributed by atoms with Crippen LogP contribution in [-0.2, 0) is 0 Å². The van der Waals surface area contributed by atoms with Gasteiger partial charge in [-0.2, -0.15) is 10.6 Å². The molecule has 0 radical (unpaired) electrons. The molecule has 0 bridgehead atoms. The Labute approximate surface area is 96.8 Å². The number of hydrogen-bond donors (Lipinski definition) is 1. The van der Waals surface area contributed by atoms with E-state index >= 15 is 0 Å². The molecule has 0 saturated carbocycles. The number of nitroso groups, excluding NO2 is 1. The van der Waals surface area contributed by atoms with E-state index in [1.165, 1.54) is 12.6 Å². The molecule has 0 amide bonds. The highest BCUT2D eigenvalue weighted by Crippen LogP contribution is 2.01. The topological polar surface area (TPSA) is 53.8 Å². The van der Waals surface area contributed by atoms with E-state index in [1.807, 2.05) is 17.7 Å². The smallest absolute Gasteiger partial charge is 0.0722 e. The molecular formula is C12H19N3O. The fourth-order valence-corrected chi connectivity index (χ4v) is 0.995. The number of hydrazone groups is 1. The Morgan fingerprint density at radius 1 is 1.25 bits per heavy atom. The molecule has 4 nitrogen and oxygen atoms in total. The monoisotopic (exact) mass is 221 g/mol. The van der Waals surface area contributed by atoms with Crippen LogP contribution < -0.4 is 5.53 Å². The lowest BCUT2D eigenvalue weighted by atomic mass is 10.1. The lowest BCUT2D eigenvalue weighted by molar-refractivity contribution is 0.804. The summed E-state index contributed by atoms with van der Waals surface area (Å²) in [6.07, 6.45) is 15.7. The quantitative estimate of drug-likeness (QED) is 0.225. The summed E-state index contributed by atoms with van der Waals surface area (Å²) in [5, 5.41) is 5.84. The largest absolute Gasteiger partial charge is 0.164 e. The van der Waals surface area contributed by atoms with Gasteiger partial charge in [-0.15, -0.1) is 4.91 Å². The second kappa shape index (κ2) is 11.4. The number of hydrogen-bond acceptors (Lipinski definition) is 3. The SMILES string of the molecule is CCC/C=C/[C@H](C)/C=C/C=C/C=N/NN=O. The van der Waals surface area contributed by atoms with E-state index in [-0.39, 0.29) is 0 Å². The van der Waals surface area contributed by atoms with Gasteiger partial charge in [0.1, 0.15) is 0 Å². The zero-order valence-electron chi connectivity index (χ0n) is 9.84. The van der Waals surface area contributed by atoms with Crippen LogP contribution in [0.3, 0.4) is 0 Å². The van der Waals surface area contributed by atoms with Crippen LogP contribution in [0.1, 0.15) is 26.7 Å². The zero-order valence-corrected chi connectivity index (χ0v) is 9.84. The first-order chi connectivity index (χ1) is 7.81. The number of allylic oxidation sites excluding steroid dienone is 6. The summed E-state index contributed by atoms with van der Waals surface area (Å²) >= 11 is 0. The molecule has 0 aromatic rings. The molecule has 0 aliphatic heterocycles. The molecule has 1 atom stereocenters. The molecule has 0 unspecified atom stereocenters. The van der Waals surface area contributed by atoms with Crippen molar-refractivity contribution < 1.29 is 0 Å². The fourth-order valence-electron chi connectivity index (χ4n) is 0.995. The van der Waals surface area contributed by atoms with Gasteiger partial charge in [-0.1, -0.05) is 50.6 Å². The molecule has 16 heavy (non-hydrogen) atoms. The van der Waals surface area contributed by atoms with Crippen molar-refractivity contribution in [2.24, 2.45) is 16.3 Å². The highest BCUT2D eigenvalue weighted by molar-refractivity contribution is 5.71. The van der Waals surface area contributed by atoms with Crippen molar-refractivity contribution in [2.45, 2.75) is 26.7 Å². The van der Waals surface area contributed by atoms with E-state index in [2.05, 4.69) is 42.5 Å². The average Bonchev–Trinajstić information content (AvgIpc) is 2.28. The summed E-state index contributed by atoms with van der Waals surface area (Å²) in [6, 6.07) is 0. The predicted octanol–water partition coefficient (Wildman–Crippen LogP) is 3.35. The van der Waals surface area contributed by atoms with E-state index < -0.39 is 0 Å². The van der Waals surface area contributed by atoms with Crippen molar-refractivity contribution in [3.8, 4) is 0 Å². The van der Waals surface area contributed by atoms with Gasteiger partial charge in [0, 0.05) is 6.21 Å². The van der Waals surface area contributed by atoms with Crippen LogP contribution in [0, 0.1) is 10.8 Å². The predicted molar refractivity (Wildman–Crippen MR) is 68.9 cm³/mol. The molecule has 0 fully saturated rings. The molecule has 0 aromatic heterocycles. The third-order valence-corrected chi connectivity index (χ3v) is 1.79. The number of nitrogens with zero attached hydrogens (tertiary/aromatic N) is 2. The van der Waals surface area contributed by atoms with Gasteiger partial charge in [0.15, 0.2) is 0 Å². The van der Waals surface area contributed by atoms with Gasteiger partial charge in [0.25, 0.3) is 0 Å². The molecule has 88 valence electrons. The van der Waals surface area contributed by atoms with Crippen molar-refractivity contribution in [2.75, 3.05) is 0 Å². The third kappa shape index (κ3) is 10.4.